The summed E-state index contributed by atoms with van der Waals surface area (Å²) < 4.78 is 4.81. The Morgan fingerprint density at radius 3 is 2.83 bits per heavy atom. The summed E-state index contributed by atoms with van der Waals surface area (Å²) in [7, 11) is 0. The minimum atomic E-state index is -0.169. The van der Waals surface area contributed by atoms with E-state index in [-0.39, 0.29) is 12.3 Å². The number of hydrogen-bond donors (Lipinski definition) is 1. The topological polar surface area (TPSA) is 55.1 Å². The zero-order valence-electron chi connectivity index (χ0n) is 10.2. The Kier molecular flexibility index (Phi) is 3.67. The summed E-state index contributed by atoms with van der Waals surface area (Å²) in [5.74, 6) is -0.169. The van der Waals surface area contributed by atoms with Gasteiger partial charge in [-0.25, -0.2) is 4.98 Å². The monoisotopic (exact) mass is 264 g/mol. The number of benzene rings is 1. The van der Waals surface area contributed by atoms with Gasteiger partial charge in [-0.3, -0.25) is 4.79 Å². The van der Waals surface area contributed by atoms with Crippen molar-refractivity contribution in [3.63, 3.8) is 0 Å². The Bertz CT molecular complexity index is 541. The first-order chi connectivity index (χ1) is 8.56. The summed E-state index contributed by atoms with van der Waals surface area (Å²) in [5.41, 5.74) is 3.24. The van der Waals surface area contributed by atoms with Crippen molar-refractivity contribution in [2.45, 2.75) is 20.3 Å². The molecule has 18 heavy (non-hydrogen) atoms. The maximum Gasteiger partial charge on any atom is 0.230 e. The zero-order chi connectivity index (χ0) is 13.1. The summed E-state index contributed by atoms with van der Waals surface area (Å²) in [5, 5.41) is 3.33. The molecule has 0 atom stereocenters. The quantitative estimate of drug-likeness (QED) is 0.927. The maximum absolute atomic E-state index is 11.8. The molecule has 0 aliphatic rings. The second-order valence-electron chi connectivity index (χ2n) is 4.14. The second-order valence-corrected chi connectivity index (χ2v) is 4.55. The highest BCUT2D eigenvalue weighted by atomic mass is 35.5. The van der Waals surface area contributed by atoms with Crippen molar-refractivity contribution >= 4 is 23.2 Å². The number of aromatic nitrogens is 1. The fraction of sp³-hybridized carbons (Fsp3) is 0.231. The summed E-state index contributed by atoms with van der Waals surface area (Å²) in [4.78, 5) is 15.7. The number of anilines is 1. The number of oxazole rings is 1. The van der Waals surface area contributed by atoms with Gasteiger partial charge in [-0.15, -0.1) is 0 Å². The van der Waals surface area contributed by atoms with Gasteiger partial charge in [0.25, 0.3) is 0 Å². The molecule has 94 valence electrons. The Hall–Kier alpha value is -1.81. The molecule has 1 heterocycles. The number of rotatable bonds is 3. The molecule has 0 saturated heterocycles. The van der Waals surface area contributed by atoms with Gasteiger partial charge < -0.3 is 9.73 Å². The Morgan fingerprint density at radius 2 is 2.22 bits per heavy atom. The van der Waals surface area contributed by atoms with Gasteiger partial charge in [-0.1, -0.05) is 17.7 Å². The van der Waals surface area contributed by atoms with Crippen molar-refractivity contribution < 1.29 is 9.21 Å². The van der Waals surface area contributed by atoms with Crippen LogP contribution in [0.15, 0.2) is 29.2 Å². The summed E-state index contributed by atoms with van der Waals surface area (Å²) >= 11 is 6.11. The number of nitrogens with one attached hydrogen (secondary N) is 1. The molecule has 0 fully saturated rings. The van der Waals surface area contributed by atoms with Gasteiger partial charge in [0.05, 0.1) is 22.8 Å². The van der Waals surface area contributed by atoms with Crippen LogP contribution in [0.1, 0.15) is 16.8 Å². The van der Waals surface area contributed by atoms with E-state index >= 15 is 0 Å². The van der Waals surface area contributed by atoms with Gasteiger partial charge in [-0.05, 0) is 31.0 Å². The molecule has 0 radical (unpaired) electrons. The van der Waals surface area contributed by atoms with E-state index in [0.29, 0.717) is 16.4 Å². The van der Waals surface area contributed by atoms with E-state index in [1.807, 2.05) is 26.0 Å². The van der Waals surface area contributed by atoms with Gasteiger partial charge in [-0.2, -0.15) is 0 Å². The molecule has 2 aromatic rings. The van der Waals surface area contributed by atoms with Crippen LogP contribution in [0.4, 0.5) is 5.69 Å². The van der Waals surface area contributed by atoms with Crippen molar-refractivity contribution in [3.8, 4) is 0 Å². The predicted molar refractivity (Wildman–Crippen MR) is 69.8 cm³/mol. The average molecular weight is 265 g/mol. The molecule has 0 aliphatic heterocycles. The van der Waals surface area contributed by atoms with Crippen LogP contribution in [0.3, 0.4) is 0 Å². The third-order valence-electron chi connectivity index (χ3n) is 2.52. The lowest BCUT2D eigenvalue weighted by Gasteiger charge is -2.10. The van der Waals surface area contributed by atoms with Crippen molar-refractivity contribution in [2.75, 3.05) is 5.32 Å². The Labute approximate surface area is 110 Å². The van der Waals surface area contributed by atoms with Gasteiger partial charge in [0.1, 0.15) is 6.26 Å². The molecule has 1 amide bonds. The normalized spacial score (nSPS) is 10.4. The van der Waals surface area contributed by atoms with E-state index in [1.165, 1.54) is 12.7 Å². The standard InChI is InChI=1S/C13H13ClN2O2/c1-8-3-9(2)13(11(14)4-8)16-12(17)5-10-6-18-7-15-10/h3-4,6-7H,5H2,1-2H3,(H,16,17). The first kappa shape index (κ1) is 12.6. The van der Waals surface area contributed by atoms with Crippen molar-refractivity contribution in [3.05, 3.63) is 46.6 Å². The minimum Gasteiger partial charge on any atom is -0.451 e. The number of nitrogens with zero attached hydrogens (tertiary/aromatic N) is 1. The lowest BCUT2D eigenvalue weighted by molar-refractivity contribution is -0.115. The molecule has 1 aromatic carbocycles. The highest BCUT2D eigenvalue weighted by molar-refractivity contribution is 6.34. The van der Waals surface area contributed by atoms with Crippen LogP contribution < -0.4 is 5.32 Å². The molecule has 2 rings (SSSR count). The Balaban J connectivity index is 2.12. The molecule has 1 N–H and O–H groups in total. The van der Waals surface area contributed by atoms with Gasteiger partial charge >= 0.3 is 0 Å². The summed E-state index contributed by atoms with van der Waals surface area (Å²) in [6, 6.07) is 3.79. The number of amides is 1. The summed E-state index contributed by atoms with van der Waals surface area (Å²) in [6.07, 6.45) is 2.91. The van der Waals surface area contributed by atoms with Crippen LogP contribution in [-0.2, 0) is 11.2 Å². The number of halogens is 1. The fourth-order valence-corrected chi connectivity index (χ4v) is 2.12. The highest BCUT2D eigenvalue weighted by Gasteiger charge is 2.11. The fourth-order valence-electron chi connectivity index (χ4n) is 1.75. The van der Waals surface area contributed by atoms with Gasteiger partial charge in [0, 0.05) is 0 Å². The van der Waals surface area contributed by atoms with Crippen molar-refractivity contribution in [1.29, 1.82) is 0 Å². The van der Waals surface area contributed by atoms with E-state index in [4.69, 9.17) is 16.0 Å². The zero-order valence-corrected chi connectivity index (χ0v) is 10.9. The molecule has 5 heteroatoms. The molecule has 0 unspecified atom stereocenters. The van der Waals surface area contributed by atoms with E-state index in [0.717, 1.165) is 11.1 Å². The molecule has 1 aromatic heterocycles. The van der Waals surface area contributed by atoms with Gasteiger partial charge in [0.2, 0.25) is 5.91 Å². The SMILES string of the molecule is Cc1cc(C)c(NC(=O)Cc2cocn2)c(Cl)c1. The van der Waals surface area contributed by atoms with Crippen LogP contribution in [0, 0.1) is 13.8 Å². The maximum atomic E-state index is 11.8. The van der Waals surface area contributed by atoms with Crippen LogP contribution in [0.25, 0.3) is 0 Å². The number of carbonyl (C=O) groups is 1. The lowest BCUT2D eigenvalue weighted by Crippen LogP contribution is -2.15. The first-order valence-electron chi connectivity index (χ1n) is 5.50. The molecule has 4 nitrogen and oxygen atoms in total. The number of aryl methyl sites for hydroxylation is 2. The molecule has 0 spiro atoms. The van der Waals surface area contributed by atoms with E-state index < -0.39 is 0 Å². The third-order valence-corrected chi connectivity index (χ3v) is 2.82. The molecular formula is C13H13ClN2O2. The third kappa shape index (κ3) is 2.90. The van der Waals surface area contributed by atoms with Gasteiger partial charge in [0.15, 0.2) is 6.39 Å². The first-order valence-corrected chi connectivity index (χ1v) is 5.87. The molecule has 0 saturated carbocycles. The molecule has 0 bridgehead atoms. The largest absolute Gasteiger partial charge is 0.451 e. The van der Waals surface area contributed by atoms with Crippen LogP contribution in [0.2, 0.25) is 5.02 Å². The molecular weight excluding hydrogens is 252 g/mol. The Morgan fingerprint density at radius 1 is 1.44 bits per heavy atom. The lowest BCUT2D eigenvalue weighted by atomic mass is 10.1. The van der Waals surface area contributed by atoms with E-state index in [2.05, 4.69) is 10.3 Å². The van der Waals surface area contributed by atoms with Crippen LogP contribution in [-0.4, -0.2) is 10.9 Å². The van der Waals surface area contributed by atoms with Crippen LogP contribution in [0.5, 0.6) is 0 Å². The smallest absolute Gasteiger partial charge is 0.230 e. The van der Waals surface area contributed by atoms with E-state index in [9.17, 15) is 4.79 Å². The second kappa shape index (κ2) is 5.23. The summed E-state index contributed by atoms with van der Waals surface area (Å²) in [6.45, 7) is 3.87. The van der Waals surface area contributed by atoms with E-state index in [1.54, 1.807) is 0 Å². The minimum absolute atomic E-state index is 0.167. The van der Waals surface area contributed by atoms with Crippen molar-refractivity contribution in [1.82, 2.24) is 4.98 Å². The van der Waals surface area contributed by atoms with Crippen LogP contribution >= 0.6 is 11.6 Å². The average Bonchev–Trinajstić information content (AvgIpc) is 2.76. The highest BCUT2D eigenvalue weighted by Crippen LogP contribution is 2.27. The van der Waals surface area contributed by atoms with Crippen molar-refractivity contribution in [2.24, 2.45) is 0 Å². The molecule has 0 aliphatic carbocycles. The number of hydrogen-bond acceptors (Lipinski definition) is 3. The number of carbonyl (C=O) groups excluding carboxylic acids is 1. The predicted octanol–water partition coefficient (Wildman–Crippen LogP) is 3.13.